The minimum Gasteiger partial charge on any atom is -0.461 e. The summed E-state index contributed by atoms with van der Waals surface area (Å²) in [6, 6.07) is 6.99. The Morgan fingerprint density at radius 1 is 1.26 bits per heavy atom. The van der Waals surface area contributed by atoms with Gasteiger partial charge in [0.25, 0.3) is 5.56 Å². The summed E-state index contributed by atoms with van der Waals surface area (Å²) >= 11 is 0. The molecule has 5 nitrogen and oxygen atoms in total. The van der Waals surface area contributed by atoms with Crippen LogP contribution in [0.5, 0.6) is 0 Å². The van der Waals surface area contributed by atoms with Crippen LogP contribution in [-0.4, -0.2) is 22.4 Å². The van der Waals surface area contributed by atoms with Gasteiger partial charge in [0, 0.05) is 12.4 Å². The summed E-state index contributed by atoms with van der Waals surface area (Å²) in [5, 5.41) is 5.12. The number of aryl methyl sites for hydroxylation is 1. The van der Waals surface area contributed by atoms with E-state index >= 15 is 0 Å². The van der Waals surface area contributed by atoms with E-state index < -0.39 is 5.97 Å². The molecule has 23 heavy (non-hydrogen) atoms. The Bertz CT molecular complexity index is 823. The molecule has 0 bridgehead atoms. The van der Waals surface area contributed by atoms with Crippen molar-refractivity contribution in [3.8, 4) is 0 Å². The maximum atomic E-state index is 12.5. The van der Waals surface area contributed by atoms with E-state index in [4.69, 9.17) is 4.74 Å². The van der Waals surface area contributed by atoms with Gasteiger partial charge in [-0.15, -0.1) is 0 Å². The Balaban J connectivity index is 1.85. The predicted octanol–water partition coefficient (Wildman–Crippen LogP) is 2.69. The van der Waals surface area contributed by atoms with E-state index in [1.165, 1.54) is 4.68 Å². The van der Waals surface area contributed by atoms with Crippen LogP contribution in [0.3, 0.4) is 0 Å². The minimum atomic E-state index is -0.474. The van der Waals surface area contributed by atoms with Crippen molar-refractivity contribution in [3.05, 3.63) is 52.5 Å². The van der Waals surface area contributed by atoms with E-state index in [1.54, 1.807) is 31.3 Å². The second kappa shape index (κ2) is 6.36. The molecule has 0 radical (unpaired) electrons. The molecule has 0 spiro atoms. The second-order valence-corrected chi connectivity index (χ2v) is 6.10. The van der Waals surface area contributed by atoms with Gasteiger partial charge in [0.2, 0.25) is 0 Å². The molecule has 120 valence electrons. The first-order valence-corrected chi connectivity index (χ1v) is 7.86. The summed E-state index contributed by atoms with van der Waals surface area (Å²) in [5.41, 5.74) is -0.0232. The Labute approximate surface area is 134 Å². The predicted molar refractivity (Wildman–Crippen MR) is 88.3 cm³/mol. The minimum absolute atomic E-state index is 0.196. The van der Waals surface area contributed by atoms with Crippen LogP contribution in [0.4, 0.5) is 0 Å². The molecule has 1 aliphatic carbocycles. The van der Waals surface area contributed by atoms with Crippen molar-refractivity contribution >= 4 is 16.7 Å². The number of carbonyl (C=O) groups is 1. The third-order valence-corrected chi connectivity index (χ3v) is 4.50. The van der Waals surface area contributed by atoms with E-state index in [0.29, 0.717) is 29.2 Å². The highest BCUT2D eigenvalue weighted by atomic mass is 16.5. The van der Waals surface area contributed by atoms with Gasteiger partial charge in [-0.2, -0.15) is 5.10 Å². The number of aromatic nitrogens is 2. The first kappa shape index (κ1) is 15.5. The van der Waals surface area contributed by atoms with Crippen molar-refractivity contribution in [1.82, 2.24) is 9.78 Å². The fraction of sp³-hybridized carbons (Fsp3) is 0.389. The average molecular weight is 312 g/mol. The van der Waals surface area contributed by atoms with Gasteiger partial charge in [0.05, 0.1) is 12.0 Å². The molecule has 0 aliphatic heterocycles. The molecule has 0 saturated carbocycles. The number of allylic oxidation sites excluding steroid dienone is 2. The molecule has 2 unspecified atom stereocenters. The van der Waals surface area contributed by atoms with Crippen LogP contribution in [0, 0.1) is 11.8 Å². The van der Waals surface area contributed by atoms with Gasteiger partial charge in [0.1, 0.15) is 0 Å². The lowest BCUT2D eigenvalue weighted by molar-refractivity contribution is 0.0388. The number of hydrogen-bond acceptors (Lipinski definition) is 4. The Morgan fingerprint density at radius 3 is 2.70 bits per heavy atom. The van der Waals surface area contributed by atoms with Gasteiger partial charge >= 0.3 is 5.97 Å². The summed E-state index contributed by atoms with van der Waals surface area (Å²) in [4.78, 5) is 24.5. The van der Waals surface area contributed by atoms with Crippen LogP contribution in [-0.2, 0) is 11.8 Å². The summed E-state index contributed by atoms with van der Waals surface area (Å²) in [5.74, 6) is 0.360. The van der Waals surface area contributed by atoms with E-state index in [1.807, 2.05) is 0 Å². The maximum absolute atomic E-state index is 12.5. The van der Waals surface area contributed by atoms with Crippen LogP contribution in [0.25, 0.3) is 10.8 Å². The molecule has 1 aromatic heterocycles. The standard InChI is InChI=1S/C18H20N2O3/c1-12-7-3-4-8-13(12)11-23-18(22)16-14-9-5-6-10-15(14)17(21)20(2)19-16/h3-6,9-10,12-13H,7-8,11H2,1-2H3. The van der Waals surface area contributed by atoms with E-state index in [9.17, 15) is 9.59 Å². The molecule has 1 aliphatic rings. The fourth-order valence-corrected chi connectivity index (χ4v) is 2.94. The van der Waals surface area contributed by atoms with Crippen LogP contribution < -0.4 is 5.56 Å². The van der Waals surface area contributed by atoms with Crippen LogP contribution in [0.1, 0.15) is 30.3 Å². The number of esters is 1. The second-order valence-electron chi connectivity index (χ2n) is 6.10. The van der Waals surface area contributed by atoms with Gasteiger partial charge in [-0.05, 0) is 30.7 Å². The summed E-state index contributed by atoms with van der Waals surface area (Å²) in [6.45, 7) is 2.55. The first-order valence-electron chi connectivity index (χ1n) is 7.86. The van der Waals surface area contributed by atoms with Crippen LogP contribution in [0.15, 0.2) is 41.2 Å². The van der Waals surface area contributed by atoms with Crippen molar-refractivity contribution in [3.63, 3.8) is 0 Å². The molecule has 0 saturated heterocycles. The number of nitrogens with zero attached hydrogens (tertiary/aromatic N) is 2. The first-order chi connectivity index (χ1) is 11.1. The van der Waals surface area contributed by atoms with Crippen molar-refractivity contribution in [1.29, 1.82) is 0 Å². The lowest BCUT2D eigenvalue weighted by atomic mass is 9.85. The molecule has 0 N–H and O–H groups in total. The highest BCUT2D eigenvalue weighted by Crippen LogP contribution is 2.25. The number of carbonyl (C=O) groups excluding carboxylic acids is 1. The fourth-order valence-electron chi connectivity index (χ4n) is 2.94. The lowest BCUT2D eigenvalue weighted by Gasteiger charge is -2.24. The highest BCUT2D eigenvalue weighted by Gasteiger charge is 2.22. The van der Waals surface area contributed by atoms with Crippen molar-refractivity contribution < 1.29 is 9.53 Å². The molecule has 0 amide bonds. The molecule has 1 heterocycles. The maximum Gasteiger partial charge on any atom is 0.359 e. The van der Waals surface area contributed by atoms with Crippen molar-refractivity contribution in [2.24, 2.45) is 18.9 Å². The highest BCUT2D eigenvalue weighted by molar-refractivity contribution is 6.02. The largest absolute Gasteiger partial charge is 0.461 e. The van der Waals surface area contributed by atoms with Crippen LogP contribution in [0.2, 0.25) is 0 Å². The zero-order valence-electron chi connectivity index (χ0n) is 13.4. The SMILES string of the molecule is CC1CC=CCC1COC(=O)c1nn(C)c(=O)c2ccccc12. The number of fused-ring (bicyclic) bond motifs is 1. The quantitative estimate of drug-likeness (QED) is 0.646. The zero-order valence-corrected chi connectivity index (χ0v) is 13.4. The molecule has 2 atom stereocenters. The molecule has 3 rings (SSSR count). The van der Waals surface area contributed by atoms with Gasteiger partial charge in [-0.25, -0.2) is 9.48 Å². The normalized spacial score (nSPS) is 20.6. The third-order valence-electron chi connectivity index (χ3n) is 4.50. The Morgan fingerprint density at radius 2 is 1.96 bits per heavy atom. The average Bonchev–Trinajstić information content (AvgIpc) is 2.57. The van der Waals surface area contributed by atoms with Crippen molar-refractivity contribution in [2.45, 2.75) is 19.8 Å². The van der Waals surface area contributed by atoms with Gasteiger partial charge in [0.15, 0.2) is 5.69 Å². The lowest BCUT2D eigenvalue weighted by Crippen LogP contribution is -2.26. The molecular formula is C18H20N2O3. The van der Waals surface area contributed by atoms with E-state index in [0.717, 1.165) is 12.8 Å². The van der Waals surface area contributed by atoms with E-state index in [-0.39, 0.29) is 11.3 Å². The number of ether oxygens (including phenoxy) is 1. The number of hydrogen-bond donors (Lipinski definition) is 0. The van der Waals surface area contributed by atoms with E-state index in [2.05, 4.69) is 24.2 Å². The monoisotopic (exact) mass is 312 g/mol. The molecule has 2 aromatic rings. The Kier molecular flexibility index (Phi) is 4.28. The number of rotatable bonds is 3. The number of benzene rings is 1. The zero-order chi connectivity index (χ0) is 16.4. The van der Waals surface area contributed by atoms with Crippen molar-refractivity contribution in [2.75, 3.05) is 6.61 Å². The summed E-state index contributed by atoms with van der Waals surface area (Å²) in [6.07, 6.45) is 6.25. The molecular weight excluding hydrogens is 292 g/mol. The van der Waals surface area contributed by atoms with Gasteiger partial charge in [-0.3, -0.25) is 4.79 Å². The topological polar surface area (TPSA) is 61.2 Å². The van der Waals surface area contributed by atoms with Gasteiger partial charge < -0.3 is 4.74 Å². The summed E-state index contributed by atoms with van der Waals surface area (Å²) in [7, 11) is 1.54. The van der Waals surface area contributed by atoms with Gasteiger partial charge in [-0.1, -0.05) is 37.3 Å². The molecule has 1 aromatic carbocycles. The molecule has 5 heteroatoms. The third kappa shape index (κ3) is 3.04. The van der Waals surface area contributed by atoms with Crippen LogP contribution >= 0.6 is 0 Å². The molecule has 0 fully saturated rings. The summed E-state index contributed by atoms with van der Waals surface area (Å²) < 4.78 is 6.68. The smallest absolute Gasteiger partial charge is 0.359 e. The Hall–Kier alpha value is -2.43.